The molecule has 0 aromatic rings. The number of carbonyl (C=O) groups is 1. The van der Waals surface area contributed by atoms with Gasteiger partial charge in [-0.05, 0) is 33.1 Å². The second kappa shape index (κ2) is 6.26. The zero-order chi connectivity index (χ0) is 13.8. The topological polar surface area (TPSA) is 29.5 Å². The summed E-state index contributed by atoms with van der Waals surface area (Å²) in [6, 6.07) is 0.328. The lowest BCUT2D eigenvalue weighted by Gasteiger charge is -2.31. The van der Waals surface area contributed by atoms with Crippen molar-refractivity contribution < 1.29 is 9.53 Å². The van der Waals surface area contributed by atoms with Crippen molar-refractivity contribution in [1.29, 1.82) is 0 Å². The number of rotatable bonds is 7. The largest absolute Gasteiger partial charge is 0.498 e. The molecule has 1 rings (SSSR count). The monoisotopic (exact) mass is 253 g/mol. The van der Waals surface area contributed by atoms with E-state index in [1.54, 1.807) is 0 Å². The second-order valence-electron chi connectivity index (χ2n) is 5.82. The molecule has 0 radical (unpaired) electrons. The molecule has 104 valence electrons. The smallest absolute Gasteiger partial charge is 0.222 e. The van der Waals surface area contributed by atoms with Crippen molar-refractivity contribution in [2.75, 3.05) is 13.2 Å². The molecular weight excluding hydrogens is 226 g/mol. The van der Waals surface area contributed by atoms with E-state index in [9.17, 15) is 4.79 Å². The third-order valence-corrected chi connectivity index (χ3v) is 3.90. The van der Waals surface area contributed by atoms with Crippen LogP contribution < -0.4 is 0 Å². The summed E-state index contributed by atoms with van der Waals surface area (Å²) in [7, 11) is 0. The lowest BCUT2D eigenvalue weighted by Crippen LogP contribution is -2.35. The standard InChI is InChI=1S/C15H27NO2/c1-6-18-13(3)15(4,5)10-9-12(2)16-11-7-8-14(16)17/h12H,3,6-11H2,1-2,4-5H3. The Balaban J connectivity index is 2.43. The van der Waals surface area contributed by atoms with Gasteiger partial charge in [0.2, 0.25) is 5.91 Å². The van der Waals surface area contributed by atoms with Gasteiger partial charge in [0.25, 0.3) is 0 Å². The van der Waals surface area contributed by atoms with E-state index in [-0.39, 0.29) is 5.41 Å². The third-order valence-electron chi connectivity index (χ3n) is 3.90. The van der Waals surface area contributed by atoms with Crippen LogP contribution in [0.4, 0.5) is 0 Å². The number of nitrogens with zero attached hydrogens (tertiary/aromatic N) is 1. The summed E-state index contributed by atoms with van der Waals surface area (Å²) >= 11 is 0. The van der Waals surface area contributed by atoms with Crippen LogP contribution in [0.5, 0.6) is 0 Å². The lowest BCUT2D eigenvalue weighted by molar-refractivity contribution is -0.129. The molecule has 0 aromatic heterocycles. The molecule has 1 heterocycles. The summed E-state index contributed by atoms with van der Waals surface area (Å²) in [6.07, 6.45) is 3.74. The predicted octanol–water partition coefficient (Wildman–Crippen LogP) is 3.35. The molecule has 0 aliphatic carbocycles. The van der Waals surface area contributed by atoms with Crippen LogP contribution >= 0.6 is 0 Å². The first kappa shape index (κ1) is 15.1. The van der Waals surface area contributed by atoms with Gasteiger partial charge in [-0.2, -0.15) is 0 Å². The summed E-state index contributed by atoms with van der Waals surface area (Å²) in [5.41, 5.74) is -0.0208. The van der Waals surface area contributed by atoms with Gasteiger partial charge in [0.15, 0.2) is 0 Å². The van der Waals surface area contributed by atoms with Crippen LogP contribution in [0, 0.1) is 5.41 Å². The Morgan fingerprint density at radius 1 is 1.56 bits per heavy atom. The van der Waals surface area contributed by atoms with Crippen LogP contribution in [0.3, 0.4) is 0 Å². The van der Waals surface area contributed by atoms with E-state index in [0.29, 0.717) is 18.6 Å². The van der Waals surface area contributed by atoms with E-state index in [4.69, 9.17) is 4.74 Å². The molecule has 0 spiro atoms. The molecule has 1 aliphatic heterocycles. The fourth-order valence-corrected chi connectivity index (χ4v) is 2.37. The first-order valence-corrected chi connectivity index (χ1v) is 7.00. The van der Waals surface area contributed by atoms with Crippen LogP contribution in [-0.2, 0) is 9.53 Å². The minimum atomic E-state index is -0.0208. The Kier molecular flexibility index (Phi) is 5.24. The third kappa shape index (κ3) is 3.76. The summed E-state index contributed by atoms with van der Waals surface area (Å²) in [5, 5.41) is 0. The highest BCUT2D eigenvalue weighted by Crippen LogP contribution is 2.32. The van der Waals surface area contributed by atoms with Crippen LogP contribution in [0.2, 0.25) is 0 Å². The van der Waals surface area contributed by atoms with Gasteiger partial charge < -0.3 is 9.64 Å². The van der Waals surface area contributed by atoms with Crippen molar-refractivity contribution in [3.8, 4) is 0 Å². The van der Waals surface area contributed by atoms with Gasteiger partial charge in [0, 0.05) is 24.4 Å². The second-order valence-corrected chi connectivity index (χ2v) is 5.82. The maximum absolute atomic E-state index is 11.7. The summed E-state index contributed by atoms with van der Waals surface area (Å²) in [6.45, 7) is 14.0. The van der Waals surface area contributed by atoms with Gasteiger partial charge in [-0.1, -0.05) is 20.4 Å². The maximum Gasteiger partial charge on any atom is 0.222 e. The molecule has 1 saturated heterocycles. The lowest BCUT2D eigenvalue weighted by atomic mass is 9.84. The number of allylic oxidation sites excluding steroid dienone is 1. The fraction of sp³-hybridized carbons (Fsp3) is 0.800. The molecule has 3 heteroatoms. The normalized spacial score (nSPS) is 18.0. The summed E-state index contributed by atoms with van der Waals surface area (Å²) < 4.78 is 5.51. The van der Waals surface area contributed by atoms with E-state index < -0.39 is 0 Å². The predicted molar refractivity (Wildman–Crippen MR) is 74.2 cm³/mol. The molecule has 0 aromatic carbocycles. The Bertz CT molecular complexity index is 310. The van der Waals surface area contributed by atoms with E-state index in [1.807, 2.05) is 11.8 Å². The Hall–Kier alpha value is -0.990. The van der Waals surface area contributed by atoms with Crippen molar-refractivity contribution in [3.63, 3.8) is 0 Å². The molecule has 1 unspecified atom stereocenters. The van der Waals surface area contributed by atoms with Crippen LogP contribution in [0.15, 0.2) is 12.3 Å². The molecule has 3 nitrogen and oxygen atoms in total. The Morgan fingerprint density at radius 3 is 2.72 bits per heavy atom. The highest BCUT2D eigenvalue weighted by molar-refractivity contribution is 5.78. The van der Waals surface area contributed by atoms with Crippen LogP contribution in [0.25, 0.3) is 0 Å². The van der Waals surface area contributed by atoms with Crippen LogP contribution in [0.1, 0.15) is 53.4 Å². The van der Waals surface area contributed by atoms with Crippen molar-refractivity contribution in [2.24, 2.45) is 5.41 Å². The highest BCUT2D eigenvalue weighted by Gasteiger charge is 2.28. The zero-order valence-electron chi connectivity index (χ0n) is 12.3. The van der Waals surface area contributed by atoms with E-state index in [2.05, 4.69) is 27.4 Å². The molecule has 0 N–H and O–H groups in total. The van der Waals surface area contributed by atoms with Gasteiger partial charge in [-0.25, -0.2) is 0 Å². The number of likely N-dealkylation sites (tertiary alicyclic amines) is 1. The SMILES string of the molecule is C=C(OCC)C(C)(C)CCC(C)N1CCCC1=O. The molecule has 0 saturated carbocycles. The summed E-state index contributed by atoms with van der Waals surface area (Å²) in [4.78, 5) is 13.7. The molecule has 1 fully saturated rings. The number of amides is 1. The minimum absolute atomic E-state index is 0.0208. The van der Waals surface area contributed by atoms with Crippen molar-refractivity contribution in [1.82, 2.24) is 4.90 Å². The van der Waals surface area contributed by atoms with Gasteiger partial charge >= 0.3 is 0 Å². The number of ether oxygens (including phenoxy) is 1. The average molecular weight is 253 g/mol. The maximum atomic E-state index is 11.7. The van der Waals surface area contributed by atoms with E-state index >= 15 is 0 Å². The zero-order valence-corrected chi connectivity index (χ0v) is 12.3. The van der Waals surface area contributed by atoms with Crippen molar-refractivity contribution in [2.45, 2.75) is 59.4 Å². The number of hydrogen-bond acceptors (Lipinski definition) is 2. The van der Waals surface area contributed by atoms with Gasteiger partial charge in [-0.3, -0.25) is 4.79 Å². The van der Waals surface area contributed by atoms with Gasteiger partial charge in [0.1, 0.15) is 0 Å². The van der Waals surface area contributed by atoms with E-state index in [1.165, 1.54) is 0 Å². The van der Waals surface area contributed by atoms with E-state index in [0.717, 1.165) is 38.0 Å². The number of hydrogen-bond donors (Lipinski definition) is 0. The average Bonchev–Trinajstić information content (AvgIpc) is 2.73. The number of carbonyl (C=O) groups excluding carboxylic acids is 1. The van der Waals surface area contributed by atoms with Gasteiger partial charge in [0.05, 0.1) is 12.4 Å². The highest BCUT2D eigenvalue weighted by atomic mass is 16.5. The molecular formula is C15H27NO2. The first-order chi connectivity index (χ1) is 8.38. The quantitative estimate of drug-likeness (QED) is 0.651. The molecule has 1 atom stereocenters. The fourth-order valence-electron chi connectivity index (χ4n) is 2.37. The van der Waals surface area contributed by atoms with Crippen molar-refractivity contribution >= 4 is 5.91 Å². The molecule has 1 aliphatic rings. The summed E-state index contributed by atoms with van der Waals surface area (Å²) in [5.74, 6) is 1.16. The molecule has 1 amide bonds. The van der Waals surface area contributed by atoms with Crippen LogP contribution in [-0.4, -0.2) is 30.0 Å². The van der Waals surface area contributed by atoms with Gasteiger partial charge in [-0.15, -0.1) is 0 Å². The Morgan fingerprint density at radius 2 is 2.22 bits per heavy atom. The Labute approximate surface area is 111 Å². The first-order valence-electron chi connectivity index (χ1n) is 7.00. The van der Waals surface area contributed by atoms with Crippen molar-refractivity contribution in [3.05, 3.63) is 12.3 Å². The molecule has 18 heavy (non-hydrogen) atoms. The molecule has 0 bridgehead atoms. The minimum Gasteiger partial charge on any atom is -0.498 e.